The number of non-ortho nitro benzene ring substituents is 1. The van der Waals surface area contributed by atoms with Crippen LogP contribution in [-0.4, -0.2) is 17.5 Å². The van der Waals surface area contributed by atoms with E-state index in [0.717, 1.165) is 6.07 Å². The average molecular weight is 377 g/mol. The third-order valence-electron chi connectivity index (χ3n) is 2.59. The number of hydrogen-bond acceptors (Lipinski definition) is 5. The summed E-state index contributed by atoms with van der Waals surface area (Å²) in [5, 5.41) is 11.2. The van der Waals surface area contributed by atoms with E-state index >= 15 is 0 Å². The summed E-state index contributed by atoms with van der Waals surface area (Å²) >= 11 is 17.5. The fourth-order valence-corrected chi connectivity index (χ4v) is 2.24. The van der Waals surface area contributed by atoms with Gasteiger partial charge in [-0.3, -0.25) is 10.1 Å². The SMILES string of the molecule is O=C(COc1ccc(Cl)cc1Cl)Oc1ccc([N+](=O)[O-])cc1Cl. The molecule has 0 aliphatic heterocycles. The van der Waals surface area contributed by atoms with Crippen LogP contribution in [0.2, 0.25) is 15.1 Å². The number of nitro groups is 1. The minimum atomic E-state index is -0.744. The number of esters is 1. The molecule has 6 nitrogen and oxygen atoms in total. The summed E-state index contributed by atoms with van der Waals surface area (Å²) in [4.78, 5) is 21.7. The fourth-order valence-electron chi connectivity index (χ4n) is 1.57. The lowest BCUT2D eigenvalue weighted by molar-refractivity contribution is -0.384. The Balaban J connectivity index is 1.98. The first-order valence-electron chi connectivity index (χ1n) is 6.09. The highest BCUT2D eigenvalue weighted by molar-refractivity contribution is 6.35. The van der Waals surface area contributed by atoms with Crippen LogP contribution in [0.3, 0.4) is 0 Å². The zero-order valence-electron chi connectivity index (χ0n) is 11.3. The second kappa shape index (κ2) is 7.50. The van der Waals surface area contributed by atoms with Crippen molar-refractivity contribution in [2.75, 3.05) is 6.61 Å². The van der Waals surface area contributed by atoms with Crippen LogP contribution in [0.15, 0.2) is 36.4 Å². The lowest BCUT2D eigenvalue weighted by Gasteiger charge is -2.09. The molecule has 2 aromatic rings. The van der Waals surface area contributed by atoms with Crippen molar-refractivity contribution in [1.29, 1.82) is 0 Å². The number of nitro benzene ring substituents is 1. The largest absolute Gasteiger partial charge is 0.480 e. The molecule has 0 aliphatic carbocycles. The molecule has 0 aliphatic rings. The van der Waals surface area contributed by atoms with Gasteiger partial charge in [0.1, 0.15) is 11.5 Å². The van der Waals surface area contributed by atoms with Gasteiger partial charge >= 0.3 is 5.97 Å². The van der Waals surface area contributed by atoms with Gasteiger partial charge in [0.2, 0.25) is 0 Å². The Bertz CT molecular complexity index is 766. The van der Waals surface area contributed by atoms with Gasteiger partial charge in [-0.25, -0.2) is 4.79 Å². The topological polar surface area (TPSA) is 78.7 Å². The van der Waals surface area contributed by atoms with Crippen LogP contribution in [0.25, 0.3) is 0 Å². The highest BCUT2D eigenvalue weighted by Gasteiger charge is 2.14. The first kappa shape index (κ1) is 17.3. The molecular weight excluding hydrogens is 369 g/mol. The number of carbonyl (C=O) groups excluding carboxylic acids is 1. The van der Waals surface area contributed by atoms with E-state index in [1.165, 1.54) is 24.3 Å². The normalized spacial score (nSPS) is 10.2. The smallest absolute Gasteiger partial charge is 0.349 e. The van der Waals surface area contributed by atoms with Crippen molar-refractivity contribution in [3.63, 3.8) is 0 Å². The van der Waals surface area contributed by atoms with Crippen molar-refractivity contribution in [2.24, 2.45) is 0 Å². The van der Waals surface area contributed by atoms with Gasteiger partial charge in [-0.1, -0.05) is 34.8 Å². The molecule has 0 fully saturated rings. The molecule has 0 unspecified atom stereocenters. The van der Waals surface area contributed by atoms with Crippen LogP contribution in [0.4, 0.5) is 5.69 Å². The fraction of sp³-hybridized carbons (Fsp3) is 0.0714. The molecule has 120 valence electrons. The Morgan fingerprint density at radius 3 is 2.30 bits per heavy atom. The van der Waals surface area contributed by atoms with Crippen LogP contribution in [0, 0.1) is 10.1 Å². The maximum absolute atomic E-state index is 11.7. The van der Waals surface area contributed by atoms with Crippen molar-refractivity contribution < 1.29 is 19.2 Å². The summed E-state index contributed by atoms with van der Waals surface area (Å²) in [5.74, 6) is -0.484. The summed E-state index contributed by atoms with van der Waals surface area (Å²) in [7, 11) is 0. The lowest BCUT2D eigenvalue weighted by Crippen LogP contribution is -2.18. The van der Waals surface area contributed by atoms with Crippen molar-refractivity contribution in [1.82, 2.24) is 0 Å². The molecule has 0 aromatic heterocycles. The van der Waals surface area contributed by atoms with E-state index in [2.05, 4.69) is 0 Å². The van der Waals surface area contributed by atoms with E-state index in [4.69, 9.17) is 44.3 Å². The summed E-state index contributed by atoms with van der Waals surface area (Å²) in [6.07, 6.45) is 0. The molecule has 2 aromatic carbocycles. The molecule has 0 atom stereocenters. The predicted octanol–water partition coefficient (Wildman–Crippen LogP) is 4.54. The summed E-state index contributed by atoms with van der Waals surface area (Å²) in [6, 6.07) is 8.02. The Hall–Kier alpha value is -2.02. The number of ether oxygens (including phenoxy) is 2. The zero-order chi connectivity index (χ0) is 17.0. The molecule has 0 saturated heterocycles. The standard InChI is InChI=1S/C14H8Cl3NO5/c15-8-1-3-12(10(16)5-8)22-7-14(19)23-13-4-2-9(18(20)21)6-11(13)17/h1-6H,7H2. The summed E-state index contributed by atoms with van der Waals surface area (Å²) in [5.41, 5.74) is -0.209. The number of halogens is 3. The van der Waals surface area contributed by atoms with Gasteiger partial charge in [0.15, 0.2) is 6.61 Å². The average Bonchev–Trinajstić information content (AvgIpc) is 2.48. The predicted molar refractivity (Wildman–Crippen MR) is 85.7 cm³/mol. The Morgan fingerprint density at radius 1 is 1.04 bits per heavy atom. The first-order valence-corrected chi connectivity index (χ1v) is 7.22. The van der Waals surface area contributed by atoms with Gasteiger partial charge < -0.3 is 9.47 Å². The number of hydrogen-bond donors (Lipinski definition) is 0. The molecule has 0 amide bonds. The van der Waals surface area contributed by atoms with Gasteiger partial charge in [-0.05, 0) is 24.3 Å². The second-order valence-electron chi connectivity index (χ2n) is 4.21. The Morgan fingerprint density at radius 2 is 1.70 bits per heavy atom. The van der Waals surface area contributed by atoms with E-state index in [-0.39, 0.29) is 27.2 Å². The van der Waals surface area contributed by atoms with Crippen LogP contribution < -0.4 is 9.47 Å². The van der Waals surface area contributed by atoms with Gasteiger partial charge in [0.05, 0.1) is 15.0 Å². The van der Waals surface area contributed by atoms with E-state index in [0.29, 0.717) is 5.02 Å². The molecular formula is C14H8Cl3NO5. The molecule has 23 heavy (non-hydrogen) atoms. The molecule has 2 rings (SSSR count). The van der Waals surface area contributed by atoms with Gasteiger partial charge in [0, 0.05) is 17.2 Å². The van der Waals surface area contributed by atoms with E-state index < -0.39 is 17.5 Å². The van der Waals surface area contributed by atoms with E-state index in [1.807, 2.05) is 0 Å². The third-order valence-corrected chi connectivity index (χ3v) is 3.42. The maximum atomic E-state index is 11.7. The molecule has 0 saturated carbocycles. The molecule has 0 heterocycles. The number of nitrogens with zero attached hydrogens (tertiary/aromatic N) is 1. The second-order valence-corrected chi connectivity index (χ2v) is 5.46. The highest BCUT2D eigenvalue weighted by atomic mass is 35.5. The van der Waals surface area contributed by atoms with Gasteiger partial charge in [-0.15, -0.1) is 0 Å². The third kappa shape index (κ3) is 4.72. The van der Waals surface area contributed by atoms with E-state index in [9.17, 15) is 14.9 Å². The first-order chi connectivity index (χ1) is 10.9. The summed E-state index contributed by atoms with van der Waals surface area (Å²) in [6.45, 7) is -0.422. The zero-order valence-corrected chi connectivity index (χ0v) is 13.6. The van der Waals surface area contributed by atoms with Crippen molar-refractivity contribution in [2.45, 2.75) is 0 Å². The quantitative estimate of drug-likeness (QED) is 0.331. The van der Waals surface area contributed by atoms with Crippen molar-refractivity contribution in [3.05, 3.63) is 61.6 Å². The maximum Gasteiger partial charge on any atom is 0.349 e. The Labute approximate surface area is 145 Å². The van der Waals surface area contributed by atoms with Crippen molar-refractivity contribution in [3.8, 4) is 11.5 Å². The molecule has 0 N–H and O–H groups in total. The number of rotatable bonds is 5. The molecule has 9 heteroatoms. The summed E-state index contributed by atoms with van der Waals surface area (Å²) < 4.78 is 10.2. The number of benzene rings is 2. The van der Waals surface area contributed by atoms with Gasteiger partial charge in [0.25, 0.3) is 5.69 Å². The molecule has 0 bridgehead atoms. The van der Waals surface area contributed by atoms with Crippen LogP contribution in [0.5, 0.6) is 11.5 Å². The van der Waals surface area contributed by atoms with Crippen LogP contribution >= 0.6 is 34.8 Å². The highest BCUT2D eigenvalue weighted by Crippen LogP contribution is 2.29. The lowest BCUT2D eigenvalue weighted by atomic mass is 10.3. The molecule has 0 radical (unpaired) electrons. The minimum Gasteiger partial charge on any atom is -0.480 e. The monoisotopic (exact) mass is 375 g/mol. The van der Waals surface area contributed by atoms with E-state index in [1.54, 1.807) is 6.07 Å². The van der Waals surface area contributed by atoms with Crippen molar-refractivity contribution >= 4 is 46.5 Å². The molecule has 0 spiro atoms. The number of carbonyl (C=O) groups is 1. The van der Waals surface area contributed by atoms with Crippen LogP contribution in [-0.2, 0) is 4.79 Å². The Kier molecular flexibility index (Phi) is 5.65. The van der Waals surface area contributed by atoms with Crippen LogP contribution in [0.1, 0.15) is 0 Å². The van der Waals surface area contributed by atoms with Gasteiger partial charge in [-0.2, -0.15) is 0 Å². The minimum absolute atomic E-state index is 0.00642.